The predicted octanol–water partition coefficient (Wildman–Crippen LogP) is 3.21. The zero-order valence-electron chi connectivity index (χ0n) is 13.1. The Morgan fingerprint density at radius 1 is 1.04 bits per heavy atom. The molecule has 24 heavy (non-hydrogen) atoms. The maximum Gasteiger partial charge on any atom is 0.356 e. The molecule has 0 bridgehead atoms. The van der Waals surface area contributed by atoms with Crippen LogP contribution in [-0.4, -0.2) is 21.5 Å². The smallest absolute Gasteiger partial charge is 0.356 e. The molecule has 126 valence electrons. The molecule has 0 spiro atoms. The SMILES string of the molecule is COC(=O)/C(NS(=O)(=O)c1ccc(C)cc1)=C(\Br)c1ccccc1. The lowest BCUT2D eigenvalue weighted by Gasteiger charge is -2.13. The number of ether oxygens (including phenoxy) is 1. The topological polar surface area (TPSA) is 72.5 Å². The highest BCUT2D eigenvalue weighted by atomic mass is 79.9. The molecule has 0 aliphatic rings. The minimum atomic E-state index is -3.92. The maximum atomic E-state index is 12.5. The minimum Gasteiger partial charge on any atom is -0.464 e. The second kappa shape index (κ2) is 7.63. The van der Waals surface area contributed by atoms with Gasteiger partial charge in [0.1, 0.15) is 5.70 Å². The predicted molar refractivity (Wildman–Crippen MR) is 95.8 cm³/mol. The first-order chi connectivity index (χ1) is 11.3. The summed E-state index contributed by atoms with van der Waals surface area (Å²) >= 11 is 3.28. The van der Waals surface area contributed by atoms with E-state index in [9.17, 15) is 13.2 Å². The van der Waals surface area contributed by atoms with E-state index in [-0.39, 0.29) is 10.6 Å². The fourth-order valence-corrected chi connectivity index (χ4v) is 3.64. The first kappa shape index (κ1) is 18.2. The quantitative estimate of drug-likeness (QED) is 0.607. The van der Waals surface area contributed by atoms with E-state index in [0.717, 1.165) is 5.56 Å². The molecule has 5 nitrogen and oxygen atoms in total. The molecule has 0 saturated heterocycles. The molecule has 0 aliphatic heterocycles. The zero-order chi connectivity index (χ0) is 17.7. The molecule has 0 radical (unpaired) electrons. The van der Waals surface area contributed by atoms with E-state index in [2.05, 4.69) is 20.7 Å². The van der Waals surface area contributed by atoms with Gasteiger partial charge in [0.05, 0.1) is 16.5 Å². The van der Waals surface area contributed by atoms with Crippen LogP contribution in [0.3, 0.4) is 0 Å². The lowest BCUT2D eigenvalue weighted by Crippen LogP contribution is -2.29. The van der Waals surface area contributed by atoms with Crippen molar-refractivity contribution in [1.82, 2.24) is 4.72 Å². The second-order valence-electron chi connectivity index (χ2n) is 4.97. The molecule has 0 aromatic heterocycles. The third-order valence-corrected chi connectivity index (χ3v) is 5.42. The molecule has 0 amide bonds. The number of carbonyl (C=O) groups is 1. The molecule has 0 aliphatic carbocycles. The third kappa shape index (κ3) is 4.24. The van der Waals surface area contributed by atoms with Gasteiger partial charge >= 0.3 is 5.97 Å². The van der Waals surface area contributed by atoms with Crippen LogP contribution in [0.4, 0.5) is 0 Å². The van der Waals surface area contributed by atoms with E-state index in [4.69, 9.17) is 4.74 Å². The van der Waals surface area contributed by atoms with Gasteiger partial charge in [-0.2, -0.15) is 0 Å². The first-order valence-corrected chi connectivity index (χ1v) is 9.26. The third-order valence-electron chi connectivity index (χ3n) is 3.20. The van der Waals surface area contributed by atoms with Crippen molar-refractivity contribution in [3.8, 4) is 0 Å². The Kier molecular flexibility index (Phi) is 5.80. The Morgan fingerprint density at radius 2 is 1.62 bits per heavy atom. The summed E-state index contributed by atoms with van der Waals surface area (Å²) in [4.78, 5) is 12.1. The summed E-state index contributed by atoms with van der Waals surface area (Å²) in [6, 6.07) is 15.2. The molecule has 2 rings (SSSR count). The molecule has 0 fully saturated rings. The van der Waals surface area contributed by atoms with Gasteiger partial charge in [-0.1, -0.05) is 48.0 Å². The molecular weight excluding hydrogens is 394 g/mol. The van der Waals surface area contributed by atoms with Crippen molar-refractivity contribution in [2.45, 2.75) is 11.8 Å². The number of halogens is 1. The van der Waals surface area contributed by atoms with Crippen LogP contribution in [0.5, 0.6) is 0 Å². The van der Waals surface area contributed by atoms with Gasteiger partial charge in [-0.15, -0.1) is 0 Å². The zero-order valence-corrected chi connectivity index (χ0v) is 15.5. The van der Waals surface area contributed by atoms with Gasteiger partial charge in [0, 0.05) is 0 Å². The highest BCUT2D eigenvalue weighted by Gasteiger charge is 2.23. The monoisotopic (exact) mass is 409 g/mol. The second-order valence-corrected chi connectivity index (χ2v) is 7.44. The molecule has 0 heterocycles. The summed E-state index contributed by atoms with van der Waals surface area (Å²) < 4.78 is 32.4. The fourth-order valence-electron chi connectivity index (χ4n) is 1.92. The highest BCUT2D eigenvalue weighted by molar-refractivity contribution is 9.15. The molecule has 0 unspecified atom stereocenters. The Bertz CT molecular complexity index is 859. The van der Waals surface area contributed by atoms with Crippen molar-refractivity contribution in [1.29, 1.82) is 0 Å². The van der Waals surface area contributed by atoms with Crippen molar-refractivity contribution in [2.24, 2.45) is 0 Å². The van der Waals surface area contributed by atoms with E-state index >= 15 is 0 Å². The van der Waals surface area contributed by atoms with Crippen LogP contribution >= 0.6 is 15.9 Å². The van der Waals surface area contributed by atoms with Gasteiger partial charge in [0.2, 0.25) is 0 Å². The number of methoxy groups -OCH3 is 1. The normalized spacial score (nSPS) is 12.3. The fraction of sp³-hybridized carbons (Fsp3) is 0.118. The Morgan fingerprint density at radius 3 is 2.17 bits per heavy atom. The summed E-state index contributed by atoms with van der Waals surface area (Å²) in [5, 5.41) is 0. The summed E-state index contributed by atoms with van der Waals surface area (Å²) in [5.41, 5.74) is 1.39. The number of benzene rings is 2. The lowest BCUT2D eigenvalue weighted by molar-refractivity contribution is -0.136. The van der Waals surface area contributed by atoms with Crippen molar-refractivity contribution in [3.05, 3.63) is 71.4 Å². The van der Waals surface area contributed by atoms with Crippen LogP contribution in [0.15, 0.2) is 65.2 Å². The number of rotatable bonds is 5. The molecule has 0 atom stereocenters. The summed E-state index contributed by atoms with van der Waals surface area (Å²) in [6.45, 7) is 1.86. The Hall–Kier alpha value is -2.12. The van der Waals surface area contributed by atoms with Gasteiger partial charge in [0.15, 0.2) is 0 Å². The summed E-state index contributed by atoms with van der Waals surface area (Å²) in [6.07, 6.45) is 0. The maximum absolute atomic E-state index is 12.5. The lowest BCUT2D eigenvalue weighted by atomic mass is 10.2. The molecule has 7 heteroatoms. The van der Waals surface area contributed by atoms with E-state index in [1.165, 1.54) is 19.2 Å². The first-order valence-electron chi connectivity index (χ1n) is 6.98. The molecule has 2 aromatic carbocycles. The van der Waals surface area contributed by atoms with Crippen molar-refractivity contribution < 1.29 is 17.9 Å². The van der Waals surface area contributed by atoms with Crippen LogP contribution in [-0.2, 0) is 19.6 Å². The average Bonchev–Trinajstić information content (AvgIpc) is 2.59. The van der Waals surface area contributed by atoms with E-state index in [1.54, 1.807) is 36.4 Å². The van der Waals surface area contributed by atoms with Crippen LogP contribution < -0.4 is 4.72 Å². The number of hydrogen-bond acceptors (Lipinski definition) is 4. The Labute approximate surface area is 149 Å². The highest BCUT2D eigenvalue weighted by Crippen LogP contribution is 2.26. The van der Waals surface area contributed by atoms with Crippen LogP contribution in [0, 0.1) is 6.92 Å². The van der Waals surface area contributed by atoms with Gasteiger partial charge in [0.25, 0.3) is 10.0 Å². The largest absolute Gasteiger partial charge is 0.464 e. The van der Waals surface area contributed by atoms with Gasteiger partial charge in [-0.3, -0.25) is 4.72 Å². The number of nitrogens with one attached hydrogen (secondary N) is 1. The van der Waals surface area contributed by atoms with Crippen LogP contribution in [0.25, 0.3) is 4.48 Å². The molecule has 1 N–H and O–H groups in total. The van der Waals surface area contributed by atoms with E-state index in [1.807, 2.05) is 13.0 Å². The minimum absolute atomic E-state index is 0.0582. The van der Waals surface area contributed by atoms with Gasteiger partial charge in [-0.25, -0.2) is 13.2 Å². The number of sulfonamides is 1. The van der Waals surface area contributed by atoms with Crippen molar-refractivity contribution >= 4 is 36.4 Å². The van der Waals surface area contributed by atoms with Crippen LogP contribution in [0.1, 0.15) is 11.1 Å². The molecular formula is C17H16BrNO4S. The molecule has 0 saturated carbocycles. The number of carbonyl (C=O) groups excluding carboxylic acids is 1. The summed E-state index contributed by atoms with van der Waals surface area (Å²) in [7, 11) is -2.73. The average molecular weight is 410 g/mol. The number of esters is 1. The van der Waals surface area contributed by atoms with E-state index < -0.39 is 16.0 Å². The number of aryl methyl sites for hydroxylation is 1. The van der Waals surface area contributed by atoms with Crippen molar-refractivity contribution in [3.63, 3.8) is 0 Å². The number of hydrogen-bond donors (Lipinski definition) is 1. The standard InChI is InChI=1S/C17H16BrNO4S/c1-12-8-10-14(11-9-12)24(21,22)19-16(17(20)23-2)15(18)13-6-4-3-5-7-13/h3-11,19H,1-2H3/b16-15+. The van der Waals surface area contributed by atoms with Gasteiger partial charge < -0.3 is 4.74 Å². The summed E-state index contributed by atoms with van der Waals surface area (Å²) in [5.74, 6) is -0.790. The van der Waals surface area contributed by atoms with Crippen LogP contribution in [0.2, 0.25) is 0 Å². The Balaban J connectivity index is 2.47. The van der Waals surface area contributed by atoms with E-state index in [0.29, 0.717) is 10.0 Å². The van der Waals surface area contributed by atoms with Crippen molar-refractivity contribution in [2.75, 3.05) is 7.11 Å². The van der Waals surface area contributed by atoms with Gasteiger partial charge in [-0.05, 0) is 40.5 Å². The molecule has 2 aromatic rings.